The number of nitrogens with zero attached hydrogens (tertiary/aromatic N) is 1. The Hall–Kier alpha value is -1.84. The van der Waals surface area contributed by atoms with Gasteiger partial charge < -0.3 is 9.47 Å². The van der Waals surface area contributed by atoms with Crippen LogP contribution in [0.2, 0.25) is 0 Å². The van der Waals surface area contributed by atoms with Gasteiger partial charge in [-0.05, 0) is 25.0 Å². The second kappa shape index (κ2) is 3.63. The second-order valence-corrected chi connectivity index (χ2v) is 3.89. The van der Waals surface area contributed by atoms with Crippen LogP contribution >= 0.6 is 0 Å². The Morgan fingerprint density at radius 3 is 2.81 bits per heavy atom. The summed E-state index contributed by atoms with van der Waals surface area (Å²) in [6, 6.07) is 3.58. The zero-order chi connectivity index (χ0) is 11.0. The van der Waals surface area contributed by atoms with Crippen molar-refractivity contribution in [1.82, 2.24) is 4.98 Å². The van der Waals surface area contributed by atoms with E-state index in [1.807, 2.05) is 0 Å². The highest BCUT2D eigenvalue weighted by Crippen LogP contribution is 2.37. The third kappa shape index (κ3) is 1.46. The summed E-state index contributed by atoms with van der Waals surface area (Å²) in [6.07, 6.45) is 5.30. The number of aromatic nitrogens is 1. The van der Waals surface area contributed by atoms with Gasteiger partial charge in [0.2, 0.25) is 0 Å². The van der Waals surface area contributed by atoms with Crippen molar-refractivity contribution in [1.29, 1.82) is 0 Å². The molecule has 1 aliphatic carbocycles. The molecular formula is C12H11NO3. The van der Waals surface area contributed by atoms with Crippen molar-refractivity contribution in [3.05, 3.63) is 41.4 Å². The lowest BCUT2D eigenvalue weighted by atomic mass is 10.2. The third-order valence-electron chi connectivity index (χ3n) is 2.86. The minimum Gasteiger partial charge on any atom is -0.454 e. The molecule has 82 valence electrons. The van der Waals surface area contributed by atoms with Gasteiger partial charge in [0.25, 0.3) is 6.29 Å². The van der Waals surface area contributed by atoms with Crippen molar-refractivity contribution in [2.24, 2.45) is 0 Å². The first-order valence-electron chi connectivity index (χ1n) is 5.34. The van der Waals surface area contributed by atoms with E-state index >= 15 is 0 Å². The molecule has 0 spiro atoms. The number of carbonyl (C=O) groups is 1. The maximum absolute atomic E-state index is 11.7. The predicted octanol–water partition coefficient (Wildman–Crippen LogP) is 2.09. The van der Waals surface area contributed by atoms with Crippen LogP contribution < -0.4 is 0 Å². The van der Waals surface area contributed by atoms with Crippen molar-refractivity contribution in [3.63, 3.8) is 0 Å². The average Bonchev–Trinajstić information content (AvgIpc) is 2.79. The molecule has 3 rings (SSSR count). The summed E-state index contributed by atoms with van der Waals surface area (Å²) >= 11 is 0. The van der Waals surface area contributed by atoms with Gasteiger partial charge in [0.05, 0.1) is 5.57 Å². The smallest absolute Gasteiger partial charge is 0.340 e. The molecule has 2 aliphatic rings. The number of esters is 1. The normalized spacial score (nSPS) is 23.8. The fourth-order valence-electron chi connectivity index (χ4n) is 2.04. The zero-order valence-electron chi connectivity index (χ0n) is 8.68. The molecule has 1 aromatic rings. The van der Waals surface area contributed by atoms with Crippen LogP contribution in [0.15, 0.2) is 35.9 Å². The lowest BCUT2D eigenvalue weighted by Crippen LogP contribution is -2.21. The summed E-state index contributed by atoms with van der Waals surface area (Å²) < 4.78 is 10.9. The van der Waals surface area contributed by atoms with Gasteiger partial charge in [-0.2, -0.15) is 0 Å². The van der Waals surface area contributed by atoms with E-state index < -0.39 is 6.29 Å². The first-order valence-corrected chi connectivity index (χ1v) is 5.34. The molecule has 1 unspecified atom stereocenters. The largest absolute Gasteiger partial charge is 0.454 e. The molecule has 1 aliphatic heterocycles. The number of hydrogen-bond donors (Lipinski definition) is 0. The summed E-state index contributed by atoms with van der Waals surface area (Å²) in [6.45, 7) is 0. The molecule has 1 aromatic heterocycles. The first-order chi connectivity index (χ1) is 7.84. The molecule has 0 fully saturated rings. The van der Waals surface area contributed by atoms with E-state index in [9.17, 15) is 4.79 Å². The van der Waals surface area contributed by atoms with E-state index in [1.54, 1.807) is 24.5 Å². The van der Waals surface area contributed by atoms with Gasteiger partial charge in [-0.25, -0.2) is 4.79 Å². The minimum absolute atomic E-state index is 0.236. The number of cyclic esters (lactones) is 1. The van der Waals surface area contributed by atoms with Crippen LogP contribution in [0.4, 0.5) is 0 Å². The number of hydrogen-bond acceptors (Lipinski definition) is 4. The second-order valence-electron chi connectivity index (χ2n) is 3.89. The van der Waals surface area contributed by atoms with E-state index in [1.165, 1.54) is 0 Å². The van der Waals surface area contributed by atoms with Gasteiger partial charge >= 0.3 is 5.97 Å². The van der Waals surface area contributed by atoms with Gasteiger partial charge in [-0.3, -0.25) is 4.98 Å². The Labute approximate surface area is 92.9 Å². The molecule has 0 bridgehead atoms. The summed E-state index contributed by atoms with van der Waals surface area (Å²) in [5, 5.41) is 0. The maximum Gasteiger partial charge on any atom is 0.340 e. The number of rotatable bonds is 1. The monoisotopic (exact) mass is 217 g/mol. The lowest BCUT2D eigenvalue weighted by molar-refractivity contribution is -0.175. The Morgan fingerprint density at radius 2 is 2.00 bits per heavy atom. The van der Waals surface area contributed by atoms with Crippen LogP contribution in [-0.2, 0) is 14.3 Å². The highest BCUT2D eigenvalue weighted by atomic mass is 16.7. The lowest BCUT2D eigenvalue weighted by Gasteiger charge is -2.25. The highest BCUT2D eigenvalue weighted by molar-refractivity contribution is 5.90. The SMILES string of the molecule is O=C1OC(c2ccncc2)OC2=C1CCC2. The van der Waals surface area contributed by atoms with E-state index in [4.69, 9.17) is 9.47 Å². The molecule has 4 nitrogen and oxygen atoms in total. The van der Waals surface area contributed by atoms with E-state index in [0.29, 0.717) is 5.57 Å². The summed E-state index contributed by atoms with van der Waals surface area (Å²) in [4.78, 5) is 15.6. The molecule has 0 amide bonds. The summed E-state index contributed by atoms with van der Waals surface area (Å²) in [5.74, 6) is 0.568. The van der Waals surface area contributed by atoms with E-state index in [-0.39, 0.29) is 5.97 Å². The Kier molecular flexibility index (Phi) is 2.13. The van der Waals surface area contributed by atoms with Crippen molar-refractivity contribution < 1.29 is 14.3 Å². The Balaban J connectivity index is 1.89. The quantitative estimate of drug-likeness (QED) is 0.676. The minimum atomic E-state index is -0.604. The Morgan fingerprint density at radius 1 is 1.19 bits per heavy atom. The van der Waals surface area contributed by atoms with Crippen molar-refractivity contribution in [2.45, 2.75) is 25.6 Å². The highest BCUT2D eigenvalue weighted by Gasteiger charge is 2.33. The van der Waals surface area contributed by atoms with Gasteiger partial charge in [-0.15, -0.1) is 0 Å². The van der Waals surface area contributed by atoms with Crippen LogP contribution in [0.5, 0.6) is 0 Å². The molecular weight excluding hydrogens is 206 g/mol. The van der Waals surface area contributed by atoms with Crippen molar-refractivity contribution >= 4 is 5.97 Å². The van der Waals surface area contributed by atoms with Gasteiger partial charge in [-0.1, -0.05) is 0 Å². The third-order valence-corrected chi connectivity index (χ3v) is 2.86. The van der Waals surface area contributed by atoms with Crippen LogP contribution in [0, 0.1) is 0 Å². The van der Waals surface area contributed by atoms with Gasteiger partial charge in [0.1, 0.15) is 5.76 Å². The maximum atomic E-state index is 11.7. The van der Waals surface area contributed by atoms with Gasteiger partial charge in [0, 0.05) is 24.4 Å². The van der Waals surface area contributed by atoms with Crippen molar-refractivity contribution in [2.75, 3.05) is 0 Å². The fourth-order valence-corrected chi connectivity index (χ4v) is 2.04. The predicted molar refractivity (Wildman–Crippen MR) is 55.0 cm³/mol. The fraction of sp³-hybridized carbons (Fsp3) is 0.333. The molecule has 0 saturated carbocycles. The molecule has 0 radical (unpaired) electrons. The molecule has 0 aromatic carbocycles. The molecule has 0 N–H and O–H groups in total. The van der Waals surface area contributed by atoms with Crippen molar-refractivity contribution in [3.8, 4) is 0 Å². The van der Waals surface area contributed by atoms with Crippen LogP contribution in [0.1, 0.15) is 31.1 Å². The zero-order valence-corrected chi connectivity index (χ0v) is 8.68. The molecule has 16 heavy (non-hydrogen) atoms. The first kappa shape index (κ1) is 9.39. The topological polar surface area (TPSA) is 48.4 Å². The van der Waals surface area contributed by atoms with Crippen LogP contribution in [0.3, 0.4) is 0 Å². The summed E-state index contributed by atoms with van der Waals surface area (Å²) in [5.41, 5.74) is 1.53. The number of carbonyl (C=O) groups excluding carboxylic acids is 1. The number of ether oxygens (including phenoxy) is 2. The van der Waals surface area contributed by atoms with Crippen LogP contribution in [0.25, 0.3) is 0 Å². The number of pyridine rings is 1. The van der Waals surface area contributed by atoms with E-state index in [2.05, 4.69) is 4.98 Å². The van der Waals surface area contributed by atoms with Gasteiger partial charge in [0.15, 0.2) is 0 Å². The number of allylic oxidation sites excluding steroid dienone is 1. The van der Waals surface area contributed by atoms with E-state index in [0.717, 1.165) is 30.6 Å². The summed E-state index contributed by atoms with van der Waals surface area (Å²) in [7, 11) is 0. The average molecular weight is 217 g/mol. The molecule has 0 saturated heterocycles. The van der Waals surface area contributed by atoms with Crippen LogP contribution in [-0.4, -0.2) is 11.0 Å². The molecule has 2 heterocycles. The Bertz CT molecular complexity index is 453. The molecule has 4 heteroatoms. The molecule has 1 atom stereocenters. The standard InChI is InChI=1S/C12H11NO3/c14-11-9-2-1-3-10(9)15-12(16-11)8-4-6-13-7-5-8/h4-7,12H,1-3H2.